The minimum absolute atomic E-state index is 0.0395. The van der Waals surface area contributed by atoms with Crippen LogP contribution in [-0.2, 0) is 13.0 Å². The highest BCUT2D eigenvalue weighted by molar-refractivity contribution is 6.30. The van der Waals surface area contributed by atoms with E-state index >= 15 is 8.78 Å². The molecule has 6 nitrogen and oxygen atoms in total. The zero-order chi connectivity index (χ0) is 26.4. The van der Waals surface area contributed by atoms with Crippen LogP contribution in [0.3, 0.4) is 0 Å². The Bertz CT molecular complexity index is 1530. The zero-order valence-electron chi connectivity index (χ0n) is 20.1. The van der Waals surface area contributed by atoms with Gasteiger partial charge < -0.3 is 16.0 Å². The minimum atomic E-state index is -1.01. The lowest BCUT2D eigenvalue weighted by Crippen LogP contribution is -2.31. The van der Waals surface area contributed by atoms with E-state index in [1.807, 2.05) is 36.9 Å². The van der Waals surface area contributed by atoms with Gasteiger partial charge >= 0.3 is 6.03 Å². The third kappa shape index (κ3) is 4.51. The van der Waals surface area contributed by atoms with Crippen molar-refractivity contribution < 1.29 is 18.0 Å². The van der Waals surface area contributed by atoms with Gasteiger partial charge in [0.2, 0.25) is 0 Å². The highest BCUT2D eigenvalue weighted by atomic mass is 35.5. The number of hydrogen-bond acceptors (Lipinski definition) is 3. The number of para-hydroxylation sites is 1. The van der Waals surface area contributed by atoms with Gasteiger partial charge in [0, 0.05) is 41.7 Å². The SMILES string of the molecule is Cc1cccc(C)c1-n1nc2c(c1-c1cc(F)c(NC(N)=O)cc1F)CN(c1ccc(Cl)cc1F)CC2. The minimum Gasteiger partial charge on any atom is -0.364 e. The van der Waals surface area contributed by atoms with Gasteiger partial charge in [0.1, 0.15) is 17.5 Å². The molecule has 3 N–H and O–H groups in total. The first-order valence-corrected chi connectivity index (χ1v) is 11.9. The van der Waals surface area contributed by atoms with Gasteiger partial charge in [-0.15, -0.1) is 0 Å². The summed E-state index contributed by atoms with van der Waals surface area (Å²) in [4.78, 5) is 13.1. The second-order valence-electron chi connectivity index (χ2n) is 8.99. The molecule has 37 heavy (non-hydrogen) atoms. The molecule has 0 bridgehead atoms. The second kappa shape index (κ2) is 9.48. The molecule has 0 saturated carbocycles. The molecular weight excluding hydrogens is 503 g/mol. The number of anilines is 2. The van der Waals surface area contributed by atoms with Crippen molar-refractivity contribution in [3.05, 3.63) is 93.4 Å². The van der Waals surface area contributed by atoms with Crippen LogP contribution in [0.4, 0.5) is 29.3 Å². The van der Waals surface area contributed by atoms with Crippen LogP contribution in [0, 0.1) is 31.3 Å². The fourth-order valence-corrected chi connectivity index (χ4v) is 5.01. The number of carbonyl (C=O) groups excluding carboxylic acids is 1. The molecule has 0 saturated heterocycles. The van der Waals surface area contributed by atoms with E-state index in [9.17, 15) is 9.18 Å². The molecule has 2 amide bonds. The van der Waals surface area contributed by atoms with Crippen LogP contribution < -0.4 is 16.0 Å². The van der Waals surface area contributed by atoms with Gasteiger partial charge in [-0.1, -0.05) is 29.8 Å². The van der Waals surface area contributed by atoms with E-state index in [-0.39, 0.29) is 22.8 Å². The van der Waals surface area contributed by atoms with Crippen LogP contribution in [0.5, 0.6) is 0 Å². The number of nitrogens with zero attached hydrogens (tertiary/aromatic N) is 3. The maximum atomic E-state index is 15.6. The first-order valence-electron chi connectivity index (χ1n) is 11.6. The number of aromatic nitrogens is 2. The van der Waals surface area contributed by atoms with Crippen molar-refractivity contribution in [1.82, 2.24) is 9.78 Å². The summed E-state index contributed by atoms with van der Waals surface area (Å²) in [6.45, 7) is 4.53. The van der Waals surface area contributed by atoms with Gasteiger partial charge in [-0.3, -0.25) is 0 Å². The number of amides is 2. The van der Waals surface area contributed by atoms with E-state index in [0.29, 0.717) is 35.6 Å². The zero-order valence-corrected chi connectivity index (χ0v) is 20.8. The Kier molecular flexibility index (Phi) is 6.33. The molecular formula is C27H23ClF3N5O. The number of carbonyl (C=O) groups is 1. The summed E-state index contributed by atoms with van der Waals surface area (Å²) in [7, 11) is 0. The number of primary amides is 1. The number of urea groups is 1. The normalized spacial score (nSPS) is 13.0. The molecule has 0 radical (unpaired) electrons. The average molecular weight is 526 g/mol. The molecule has 5 rings (SSSR count). The topological polar surface area (TPSA) is 76.2 Å². The average Bonchev–Trinajstić information content (AvgIpc) is 3.19. The van der Waals surface area contributed by atoms with E-state index in [0.717, 1.165) is 28.9 Å². The predicted octanol–water partition coefficient (Wildman–Crippen LogP) is 6.28. The third-order valence-electron chi connectivity index (χ3n) is 6.51. The molecule has 190 valence electrons. The molecule has 0 aliphatic carbocycles. The molecule has 1 aliphatic heterocycles. The largest absolute Gasteiger partial charge is 0.364 e. The summed E-state index contributed by atoms with van der Waals surface area (Å²) in [6, 6.07) is 11.1. The van der Waals surface area contributed by atoms with Crippen molar-refractivity contribution in [2.45, 2.75) is 26.8 Å². The highest BCUT2D eigenvalue weighted by Crippen LogP contribution is 2.38. The van der Waals surface area contributed by atoms with Crippen LogP contribution in [-0.4, -0.2) is 22.4 Å². The van der Waals surface area contributed by atoms with Crippen molar-refractivity contribution in [3.8, 4) is 16.9 Å². The highest BCUT2D eigenvalue weighted by Gasteiger charge is 2.30. The molecule has 0 unspecified atom stereocenters. The monoisotopic (exact) mass is 525 g/mol. The van der Waals surface area contributed by atoms with Crippen molar-refractivity contribution in [3.63, 3.8) is 0 Å². The second-order valence-corrected chi connectivity index (χ2v) is 9.43. The van der Waals surface area contributed by atoms with Gasteiger partial charge in [0.05, 0.1) is 28.5 Å². The number of rotatable bonds is 4. The number of halogens is 4. The predicted molar refractivity (Wildman–Crippen MR) is 138 cm³/mol. The van der Waals surface area contributed by atoms with Crippen molar-refractivity contribution in [2.75, 3.05) is 16.8 Å². The number of aryl methyl sites for hydroxylation is 2. The van der Waals surface area contributed by atoms with E-state index in [1.165, 1.54) is 6.07 Å². The Balaban J connectivity index is 1.72. The van der Waals surface area contributed by atoms with Gasteiger partial charge in [0.25, 0.3) is 0 Å². The van der Waals surface area contributed by atoms with Crippen LogP contribution in [0.25, 0.3) is 16.9 Å². The molecule has 0 atom stereocenters. The Morgan fingerprint density at radius 3 is 2.43 bits per heavy atom. The number of benzene rings is 3. The van der Waals surface area contributed by atoms with Crippen LogP contribution in [0.2, 0.25) is 5.02 Å². The molecule has 2 heterocycles. The standard InChI is InChI=1S/C27H23ClF3N5O/c1-14-4-3-5-15(2)25(14)36-26(17-11-20(30)23(12-19(17)29)33-27(32)37)18-13-35(9-8-22(18)34-36)24-7-6-16(28)10-21(24)31/h3-7,10-12H,8-9,13H2,1-2H3,(H3,32,33,37). The Morgan fingerprint density at radius 2 is 1.76 bits per heavy atom. The first kappa shape index (κ1) is 24.7. The number of fused-ring (bicyclic) bond motifs is 1. The summed E-state index contributed by atoms with van der Waals surface area (Å²) < 4.78 is 47.0. The lowest BCUT2D eigenvalue weighted by molar-refractivity contribution is 0.259. The van der Waals surface area contributed by atoms with Crippen LogP contribution in [0.15, 0.2) is 48.5 Å². The Morgan fingerprint density at radius 1 is 1.03 bits per heavy atom. The van der Waals surface area contributed by atoms with Gasteiger partial charge in [0.15, 0.2) is 0 Å². The van der Waals surface area contributed by atoms with Crippen molar-refractivity contribution in [2.24, 2.45) is 5.73 Å². The maximum Gasteiger partial charge on any atom is 0.316 e. The summed E-state index contributed by atoms with van der Waals surface area (Å²) in [5.74, 6) is -2.09. The maximum absolute atomic E-state index is 15.6. The third-order valence-corrected chi connectivity index (χ3v) is 6.74. The van der Waals surface area contributed by atoms with Gasteiger partial charge in [-0.25, -0.2) is 22.6 Å². The van der Waals surface area contributed by atoms with Crippen LogP contribution >= 0.6 is 11.6 Å². The molecule has 10 heteroatoms. The van der Waals surface area contributed by atoms with E-state index in [2.05, 4.69) is 5.32 Å². The van der Waals surface area contributed by atoms with Gasteiger partial charge in [-0.05, 0) is 49.2 Å². The Labute approximate surface area is 216 Å². The van der Waals surface area contributed by atoms with E-state index in [4.69, 9.17) is 22.4 Å². The Hall–Kier alpha value is -3.98. The summed E-state index contributed by atoms with van der Waals surface area (Å²) >= 11 is 5.94. The van der Waals surface area contributed by atoms with Crippen LogP contribution in [0.1, 0.15) is 22.4 Å². The summed E-state index contributed by atoms with van der Waals surface area (Å²) in [6.07, 6.45) is 0.466. The fourth-order valence-electron chi connectivity index (χ4n) is 4.85. The number of nitrogens with one attached hydrogen (secondary N) is 1. The molecule has 1 aliphatic rings. The van der Waals surface area contributed by atoms with E-state index < -0.39 is 23.5 Å². The smallest absolute Gasteiger partial charge is 0.316 e. The summed E-state index contributed by atoms with van der Waals surface area (Å²) in [5.41, 5.74) is 9.30. The summed E-state index contributed by atoms with van der Waals surface area (Å²) in [5, 5.41) is 7.20. The van der Waals surface area contributed by atoms with Crippen molar-refractivity contribution >= 4 is 29.0 Å². The fraction of sp³-hybridized carbons (Fsp3) is 0.185. The quantitative estimate of drug-likeness (QED) is 0.329. The number of nitrogens with two attached hydrogens (primary N) is 1. The van der Waals surface area contributed by atoms with E-state index in [1.54, 1.807) is 16.8 Å². The number of hydrogen-bond donors (Lipinski definition) is 2. The molecule has 0 spiro atoms. The molecule has 4 aromatic rings. The molecule has 1 aromatic heterocycles. The van der Waals surface area contributed by atoms with Gasteiger partial charge in [-0.2, -0.15) is 5.10 Å². The first-order chi connectivity index (χ1) is 17.6. The lowest BCUT2D eigenvalue weighted by atomic mass is 9.98. The van der Waals surface area contributed by atoms with Crippen molar-refractivity contribution in [1.29, 1.82) is 0 Å². The molecule has 3 aromatic carbocycles. The lowest BCUT2D eigenvalue weighted by Gasteiger charge is -2.29. The molecule has 0 fully saturated rings.